The number of benzene rings is 1. The van der Waals surface area contributed by atoms with Crippen molar-refractivity contribution in [3.05, 3.63) is 35.6 Å². The van der Waals surface area contributed by atoms with Crippen molar-refractivity contribution in [2.24, 2.45) is 0 Å². The first-order valence-electron chi connectivity index (χ1n) is 6.11. The zero-order valence-electron chi connectivity index (χ0n) is 10.1. The van der Waals surface area contributed by atoms with E-state index >= 15 is 0 Å². The van der Waals surface area contributed by atoms with Crippen LogP contribution in [0, 0.1) is 5.82 Å². The molecule has 1 saturated heterocycles. The van der Waals surface area contributed by atoms with Gasteiger partial charge in [-0.2, -0.15) is 0 Å². The van der Waals surface area contributed by atoms with Crippen LogP contribution >= 0.6 is 0 Å². The second-order valence-corrected chi connectivity index (χ2v) is 4.49. The van der Waals surface area contributed by atoms with Gasteiger partial charge in [0.05, 0.1) is 6.10 Å². The lowest BCUT2D eigenvalue weighted by Gasteiger charge is -2.30. The molecule has 1 aliphatic rings. The van der Waals surface area contributed by atoms with Crippen molar-refractivity contribution in [1.82, 2.24) is 10.2 Å². The lowest BCUT2D eigenvalue weighted by Crippen LogP contribution is -2.46. The van der Waals surface area contributed by atoms with Crippen LogP contribution in [0.15, 0.2) is 24.3 Å². The van der Waals surface area contributed by atoms with Crippen LogP contribution in [0.2, 0.25) is 0 Å². The van der Waals surface area contributed by atoms with Crippen molar-refractivity contribution in [3.8, 4) is 0 Å². The van der Waals surface area contributed by atoms with Gasteiger partial charge in [-0.25, -0.2) is 9.18 Å². The van der Waals surface area contributed by atoms with Gasteiger partial charge in [-0.1, -0.05) is 18.2 Å². The molecule has 1 unspecified atom stereocenters. The molecule has 1 atom stereocenters. The molecular weight excluding hydrogens is 235 g/mol. The van der Waals surface area contributed by atoms with Crippen LogP contribution in [0.3, 0.4) is 0 Å². The molecule has 1 fully saturated rings. The number of piperidine rings is 1. The zero-order chi connectivity index (χ0) is 13.0. The number of rotatable bonds is 2. The number of β-amino-alcohol motifs (C(OH)–C–C–N with tert-alkyl or cyclic N) is 1. The van der Waals surface area contributed by atoms with Gasteiger partial charge in [0, 0.05) is 25.2 Å². The van der Waals surface area contributed by atoms with Gasteiger partial charge in [0.15, 0.2) is 0 Å². The predicted octanol–water partition coefficient (Wildman–Crippen LogP) is 1.49. The Morgan fingerprint density at radius 3 is 3.00 bits per heavy atom. The van der Waals surface area contributed by atoms with Crippen LogP contribution in [-0.2, 0) is 6.54 Å². The summed E-state index contributed by atoms with van der Waals surface area (Å²) in [7, 11) is 0. The van der Waals surface area contributed by atoms with Gasteiger partial charge in [0.25, 0.3) is 0 Å². The maximum atomic E-state index is 13.3. The van der Waals surface area contributed by atoms with Crippen LogP contribution in [-0.4, -0.2) is 35.2 Å². The number of urea groups is 1. The number of aliphatic hydroxyl groups is 1. The fourth-order valence-corrected chi connectivity index (χ4v) is 2.06. The molecular formula is C13H17FN2O2. The molecule has 2 amide bonds. The van der Waals surface area contributed by atoms with E-state index in [1.807, 2.05) is 0 Å². The summed E-state index contributed by atoms with van der Waals surface area (Å²) in [5.41, 5.74) is 0.461. The number of halogens is 1. The van der Waals surface area contributed by atoms with E-state index in [1.165, 1.54) is 6.07 Å². The largest absolute Gasteiger partial charge is 0.391 e. The first kappa shape index (κ1) is 12.8. The predicted molar refractivity (Wildman–Crippen MR) is 65.4 cm³/mol. The molecule has 2 rings (SSSR count). The Bertz CT molecular complexity index is 425. The Morgan fingerprint density at radius 2 is 2.28 bits per heavy atom. The number of carbonyl (C=O) groups excluding carboxylic acids is 1. The first-order chi connectivity index (χ1) is 8.66. The van der Waals surface area contributed by atoms with Gasteiger partial charge in [-0.3, -0.25) is 0 Å². The average Bonchev–Trinajstić information content (AvgIpc) is 2.37. The van der Waals surface area contributed by atoms with Crippen LogP contribution in [0.5, 0.6) is 0 Å². The SMILES string of the molecule is O=C(NCc1ccccc1F)N1CCCC(O)C1. The quantitative estimate of drug-likeness (QED) is 0.838. The van der Waals surface area contributed by atoms with Crippen molar-refractivity contribution in [2.75, 3.05) is 13.1 Å². The van der Waals surface area contributed by atoms with Crippen molar-refractivity contribution in [3.63, 3.8) is 0 Å². The summed E-state index contributed by atoms with van der Waals surface area (Å²) in [5.74, 6) is -0.323. The third-order valence-electron chi connectivity index (χ3n) is 3.07. The molecule has 0 aromatic heterocycles. The van der Waals surface area contributed by atoms with E-state index in [0.29, 0.717) is 18.7 Å². The Hall–Kier alpha value is -1.62. The highest BCUT2D eigenvalue weighted by Crippen LogP contribution is 2.10. The monoisotopic (exact) mass is 252 g/mol. The van der Waals surface area contributed by atoms with E-state index in [0.717, 1.165) is 12.8 Å². The fourth-order valence-electron chi connectivity index (χ4n) is 2.06. The minimum Gasteiger partial charge on any atom is -0.391 e. The van der Waals surface area contributed by atoms with Crippen LogP contribution in [0.25, 0.3) is 0 Å². The number of nitrogens with one attached hydrogen (secondary N) is 1. The van der Waals surface area contributed by atoms with Crippen molar-refractivity contribution < 1.29 is 14.3 Å². The molecule has 1 heterocycles. The first-order valence-corrected chi connectivity index (χ1v) is 6.11. The van der Waals surface area contributed by atoms with Gasteiger partial charge in [0.2, 0.25) is 0 Å². The topological polar surface area (TPSA) is 52.6 Å². The Labute approximate surface area is 105 Å². The lowest BCUT2D eigenvalue weighted by atomic mass is 10.1. The molecule has 0 saturated carbocycles. The van der Waals surface area contributed by atoms with E-state index in [-0.39, 0.29) is 18.4 Å². The van der Waals surface area contributed by atoms with Gasteiger partial charge < -0.3 is 15.3 Å². The summed E-state index contributed by atoms with van der Waals surface area (Å²) in [6.45, 7) is 1.15. The minimum absolute atomic E-state index is 0.165. The van der Waals surface area contributed by atoms with E-state index in [1.54, 1.807) is 23.1 Å². The summed E-state index contributed by atoms with van der Waals surface area (Å²) in [5, 5.41) is 12.1. The average molecular weight is 252 g/mol. The minimum atomic E-state index is -0.446. The molecule has 98 valence electrons. The molecule has 18 heavy (non-hydrogen) atoms. The van der Waals surface area contributed by atoms with Gasteiger partial charge >= 0.3 is 6.03 Å². The molecule has 1 aliphatic heterocycles. The highest BCUT2D eigenvalue weighted by atomic mass is 19.1. The van der Waals surface area contributed by atoms with E-state index in [9.17, 15) is 14.3 Å². The normalized spacial score (nSPS) is 19.7. The molecule has 2 N–H and O–H groups in total. The van der Waals surface area contributed by atoms with Gasteiger partial charge in [0.1, 0.15) is 5.82 Å². The van der Waals surface area contributed by atoms with Crippen molar-refractivity contribution in [2.45, 2.75) is 25.5 Å². The summed E-state index contributed by atoms with van der Waals surface area (Å²) in [6.07, 6.45) is 1.09. The molecule has 1 aromatic rings. The number of likely N-dealkylation sites (tertiary alicyclic amines) is 1. The van der Waals surface area contributed by atoms with Crippen LogP contribution in [0.1, 0.15) is 18.4 Å². The fraction of sp³-hybridized carbons (Fsp3) is 0.462. The molecule has 0 bridgehead atoms. The molecule has 0 radical (unpaired) electrons. The van der Waals surface area contributed by atoms with E-state index < -0.39 is 6.10 Å². The Balaban J connectivity index is 1.86. The van der Waals surface area contributed by atoms with Crippen LogP contribution in [0.4, 0.5) is 9.18 Å². The number of amides is 2. The second-order valence-electron chi connectivity index (χ2n) is 4.49. The van der Waals surface area contributed by atoms with Gasteiger partial charge in [-0.05, 0) is 18.9 Å². The highest BCUT2D eigenvalue weighted by molar-refractivity contribution is 5.74. The summed E-state index contributed by atoms with van der Waals surface area (Å²) in [4.78, 5) is 13.4. The number of aliphatic hydroxyl groups excluding tert-OH is 1. The number of hydrogen-bond acceptors (Lipinski definition) is 2. The molecule has 5 heteroatoms. The third-order valence-corrected chi connectivity index (χ3v) is 3.07. The Morgan fingerprint density at radius 1 is 1.50 bits per heavy atom. The zero-order valence-corrected chi connectivity index (χ0v) is 10.1. The Kier molecular flexibility index (Phi) is 4.15. The summed E-state index contributed by atoms with van der Waals surface area (Å²) in [6, 6.07) is 6.10. The number of nitrogens with zero attached hydrogens (tertiary/aromatic N) is 1. The number of hydrogen-bond donors (Lipinski definition) is 2. The smallest absolute Gasteiger partial charge is 0.317 e. The second kappa shape index (κ2) is 5.82. The maximum Gasteiger partial charge on any atom is 0.317 e. The summed E-state index contributed by atoms with van der Waals surface area (Å²) < 4.78 is 13.3. The molecule has 0 aliphatic carbocycles. The van der Waals surface area contributed by atoms with Crippen molar-refractivity contribution >= 4 is 6.03 Å². The molecule has 4 nitrogen and oxygen atoms in total. The lowest BCUT2D eigenvalue weighted by molar-refractivity contribution is 0.0841. The van der Waals surface area contributed by atoms with Crippen LogP contribution < -0.4 is 5.32 Å². The summed E-state index contributed by atoms with van der Waals surface area (Å²) >= 11 is 0. The molecule has 0 spiro atoms. The highest BCUT2D eigenvalue weighted by Gasteiger charge is 2.21. The van der Waals surface area contributed by atoms with Gasteiger partial charge in [-0.15, -0.1) is 0 Å². The third kappa shape index (κ3) is 3.20. The standard InChI is InChI=1S/C13H17FN2O2/c14-12-6-2-1-4-10(12)8-15-13(18)16-7-3-5-11(17)9-16/h1-2,4,6,11,17H,3,5,7-9H2,(H,15,18). The number of carbonyl (C=O) groups is 1. The maximum absolute atomic E-state index is 13.3. The van der Waals surface area contributed by atoms with E-state index in [2.05, 4.69) is 5.32 Å². The van der Waals surface area contributed by atoms with Crippen molar-refractivity contribution in [1.29, 1.82) is 0 Å². The molecule has 1 aromatic carbocycles. The van der Waals surface area contributed by atoms with E-state index in [4.69, 9.17) is 0 Å².